The predicted octanol–water partition coefficient (Wildman–Crippen LogP) is 4.53. The zero-order valence-electron chi connectivity index (χ0n) is 15.5. The molecule has 2 atom stereocenters. The van der Waals surface area contributed by atoms with E-state index in [0.717, 1.165) is 30.3 Å². The molecular formula is C20H16F6N2O2. The van der Waals surface area contributed by atoms with Gasteiger partial charge in [-0.3, -0.25) is 9.59 Å². The summed E-state index contributed by atoms with van der Waals surface area (Å²) in [7, 11) is 1.41. The summed E-state index contributed by atoms with van der Waals surface area (Å²) < 4.78 is 77.9. The molecule has 4 nitrogen and oxygen atoms in total. The fourth-order valence-corrected chi connectivity index (χ4v) is 3.46. The van der Waals surface area contributed by atoms with Crippen LogP contribution in [-0.4, -0.2) is 30.3 Å². The van der Waals surface area contributed by atoms with Crippen molar-refractivity contribution in [3.8, 4) is 0 Å². The molecule has 0 radical (unpaired) electrons. The fourth-order valence-electron chi connectivity index (χ4n) is 3.46. The Labute approximate surface area is 167 Å². The number of anilines is 1. The molecule has 30 heavy (non-hydrogen) atoms. The van der Waals surface area contributed by atoms with Gasteiger partial charge in [-0.2, -0.15) is 26.3 Å². The first-order valence-corrected chi connectivity index (χ1v) is 8.79. The van der Waals surface area contributed by atoms with Crippen LogP contribution in [0.15, 0.2) is 48.5 Å². The maximum Gasteiger partial charge on any atom is 0.418 e. The molecule has 0 bridgehead atoms. The minimum atomic E-state index is -4.72. The Morgan fingerprint density at radius 3 is 2.13 bits per heavy atom. The van der Waals surface area contributed by atoms with Gasteiger partial charge in [-0.25, -0.2) is 0 Å². The maximum absolute atomic E-state index is 13.2. The average Bonchev–Trinajstić information content (AvgIpc) is 2.95. The highest BCUT2D eigenvalue weighted by Gasteiger charge is 2.45. The number of hydrogen-bond acceptors (Lipinski definition) is 2. The Hall–Kier alpha value is -3.04. The van der Waals surface area contributed by atoms with Gasteiger partial charge in [0.1, 0.15) is 5.92 Å². The highest BCUT2D eigenvalue weighted by atomic mass is 19.4. The van der Waals surface area contributed by atoms with Crippen LogP contribution in [0, 0.1) is 5.92 Å². The Balaban J connectivity index is 1.90. The summed E-state index contributed by atoms with van der Waals surface area (Å²) in [5.41, 5.74) is -2.14. The summed E-state index contributed by atoms with van der Waals surface area (Å²) >= 11 is 0. The van der Waals surface area contributed by atoms with E-state index in [9.17, 15) is 35.9 Å². The molecule has 2 amide bonds. The number of amides is 2. The van der Waals surface area contributed by atoms with Gasteiger partial charge in [-0.05, 0) is 29.8 Å². The van der Waals surface area contributed by atoms with E-state index < -0.39 is 52.8 Å². The lowest BCUT2D eigenvalue weighted by Crippen LogP contribution is -2.33. The number of nitrogens with one attached hydrogen (secondary N) is 1. The van der Waals surface area contributed by atoms with Crippen LogP contribution in [0.2, 0.25) is 0 Å². The van der Waals surface area contributed by atoms with Crippen LogP contribution in [0.3, 0.4) is 0 Å². The van der Waals surface area contributed by atoms with E-state index in [1.54, 1.807) is 0 Å². The summed E-state index contributed by atoms with van der Waals surface area (Å²) in [4.78, 5) is 26.5. The van der Waals surface area contributed by atoms with Crippen molar-refractivity contribution in [3.05, 3.63) is 65.2 Å². The molecule has 0 saturated carbocycles. The standard InChI is InChI=1S/C20H16F6N2O2/c1-28-10-13(11-6-8-12(9-7-11)19(21,22)23)16(18(28)30)17(29)27-15-5-3-2-4-14(15)20(24,25)26/h2-9,13,16H,10H2,1H3,(H,27,29)/t13-,16+/m1/s1. The van der Waals surface area contributed by atoms with Gasteiger partial charge in [-0.1, -0.05) is 24.3 Å². The topological polar surface area (TPSA) is 49.4 Å². The van der Waals surface area contributed by atoms with Crippen molar-refractivity contribution in [2.24, 2.45) is 5.92 Å². The van der Waals surface area contributed by atoms with E-state index in [1.165, 1.54) is 30.1 Å². The quantitative estimate of drug-likeness (QED) is 0.575. The van der Waals surface area contributed by atoms with Crippen molar-refractivity contribution >= 4 is 17.5 Å². The smallest absolute Gasteiger partial charge is 0.344 e. The highest BCUT2D eigenvalue weighted by molar-refractivity contribution is 6.08. The largest absolute Gasteiger partial charge is 0.418 e. The highest BCUT2D eigenvalue weighted by Crippen LogP contribution is 2.38. The fraction of sp³-hybridized carbons (Fsp3) is 0.300. The number of likely N-dealkylation sites (tertiary alicyclic amines) is 1. The predicted molar refractivity (Wildman–Crippen MR) is 95.4 cm³/mol. The van der Waals surface area contributed by atoms with E-state index in [4.69, 9.17) is 0 Å². The summed E-state index contributed by atoms with van der Waals surface area (Å²) in [6.45, 7) is 0.0448. The Kier molecular flexibility index (Phi) is 5.53. The minimum absolute atomic E-state index is 0.0448. The second-order valence-corrected chi connectivity index (χ2v) is 6.96. The molecule has 1 aliphatic heterocycles. The molecule has 10 heteroatoms. The molecule has 1 N–H and O–H groups in total. The van der Waals surface area contributed by atoms with Gasteiger partial charge in [0, 0.05) is 19.5 Å². The minimum Gasteiger partial charge on any atom is -0.344 e. The van der Waals surface area contributed by atoms with E-state index in [2.05, 4.69) is 5.32 Å². The molecule has 0 aromatic heterocycles. The molecule has 1 saturated heterocycles. The van der Waals surface area contributed by atoms with Crippen molar-refractivity contribution in [2.75, 3.05) is 18.9 Å². The third-order valence-corrected chi connectivity index (χ3v) is 4.95. The first-order chi connectivity index (χ1) is 13.9. The van der Waals surface area contributed by atoms with Gasteiger partial charge in [0.25, 0.3) is 0 Å². The number of rotatable bonds is 3. The molecule has 1 aliphatic rings. The molecule has 0 spiro atoms. The van der Waals surface area contributed by atoms with Crippen LogP contribution in [0.25, 0.3) is 0 Å². The van der Waals surface area contributed by atoms with Crippen LogP contribution >= 0.6 is 0 Å². The van der Waals surface area contributed by atoms with Crippen LogP contribution in [0.1, 0.15) is 22.6 Å². The molecule has 0 aliphatic carbocycles. The van der Waals surface area contributed by atoms with Gasteiger partial charge >= 0.3 is 12.4 Å². The number of halogens is 6. The molecule has 2 aromatic rings. The van der Waals surface area contributed by atoms with Gasteiger partial charge in [0.15, 0.2) is 0 Å². The molecule has 1 heterocycles. The third kappa shape index (κ3) is 4.27. The third-order valence-electron chi connectivity index (χ3n) is 4.95. The Morgan fingerprint density at radius 2 is 1.57 bits per heavy atom. The van der Waals surface area contributed by atoms with Crippen molar-refractivity contribution < 1.29 is 35.9 Å². The van der Waals surface area contributed by atoms with Crippen molar-refractivity contribution in [3.63, 3.8) is 0 Å². The number of benzene rings is 2. The molecule has 3 rings (SSSR count). The molecule has 1 fully saturated rings. The molecule has 2 aromatic carbocycles. The van der Waals surface area contributed by atoms with Crippen LogP contribution in [-0.2, 0) is 21.9 Å². The number of carbonyl (C=O) groups excluding carboxylic acids is 2. The van der Waals surface area contributed by atoms with Gasteiger partial charge in [-0.15, -0.1) is 0 Å². The first-order valence-electron chi connectivity index (χ1n) is 8.79. The number of carbonyl (C=O) groups is 2. The monoisotopic (exact) mass is 430 g/mol. The number of nitrogens with zero attached hydrogens (tertiary/aromatic N) is 1. The van der Waals surface area contributed by atoms with Gasteiger partial charge < -0.3 is 10.2 Å². The number of alkyl halides is 6. The summed E-state index contributed by atoms with van der Waals surface area (Å²) in [6.07, 6.45) is -9.26. The van der Waals surface area contributed by atoms with Crippen molar-refractivity contribution in [1.82, 2.24) is 4.90 Å². The lowest BCUT2D eigenvalue weighted by Gasteiger charge is -2.19. The number of para-hydroxylation sites is 1. The van der Waals surface area contributed by atoms with E-state index >= 15 is 0 Å². The number of likely N-dealkylation sites (N-methyl/N-ethyl adjacent to an activating group) is 1. The second kappa shape index (κ2) is 7.66. The molecule has 0 unspecified atom stereocenters. The summed E-state index contributed by atoms with van der Waals surface area (Å²) in [6, 6.07) is 8.35. The van der Waals surface area contributed by atoms with E-state index in [-0.39, 0.29) is 6.54 Å². The Bertz CT molecular complexity index is 953. The van der Waals surface area contributed by atoms with Crippen LogP contribution < -0.4 is 5.32 Å². The zero-order valence-corrected chi connectivity index (χ0v) is 15.5. The van der Waals surface area contributed by atoms with E-state index in [1.807, 2.05) is 0 Å². The van der Waals surface area contributed by atoms with Gasteiger partial charge in [0.2, 0.25) is 11.8 Å². The Morgan fingerprint density at radius 1 is 0.967 bits per heavy atom. The van der Waals surface area contributed by atoms with Gasteiger partial charge in [0.05, 0.1) is 16.8 Å². The lowest BCUT2D eigenvalue weighted by molar-refractivity contribution is -0.138. The second-order valence-electron chi connectivity index (χ2n) is 6.96. The lowest BCUT2D eigenvalue weighted by atomic mass is 9.87. The van der Waals surface area contributed by atoms with E-state index in [0.29, 0.717) is 5.56 Å². The van der Waals surface area contributed by atoms with Crippen molar-refractivity contribution in [2.45, 2.75) is 18.3 Å². The summed E-state index contributed by atoms with van der Waals surface area (Å²) in [5, 5.41) is 2.16. The number of hydrogen-bond donors (Lipinski definition) is 1. The van der Waals surface area contributed by atoms with Crippen LogP contribution in [0.4, 0.5) is 32.0 Å². The normalized spacial score (nSPS) is 19.8. The average molecular weight is 430 g/mol. The zero-order chi connectivity index (χ0) is 22.3. The maximum atomic E-state index is 13.2. The SMILES string of the molecule is CN1C[C@H](c2ccc(C(F)(F)F)cc2)[C@@H](C(=O)Nc2ccccc2C(F)(F)F)C1=O. The first kappa shape index (κ1) is 21.7. The molecule has 160 valence electrons. The van der Waals surface area contributed by atoms with Crippen LogP contribution in [0.5, 0.6) is 0 Å². The summed E-state index contributed by atoms with van der Waals surface area (Å²) in [5.74, 6) is -3.75. The van der Waals surface area contributed by atoms with Crippen molar-refractivity contribution in [1.29, 1.82) is 0 Å². The molecular weight excluding hydrogens is 414 g/mol.